The van der Waals surface area contributed by atoms with Gasteiger partial charge in [0, 0.05) is 6.42 Å². The average molecular weight is 261 g/mol. The molecule has 0 bridgehead atoms. The maximum atomic E-state index is 5.58. The van der Waals surface area contributed by atoms with E-state index in [0.29, 0.717) is 11.6 Å². The molecule has 0 aromatic carbocycles. The Morgan fingerprint density at radius 2 is 2.00 bits per heavy atom. The molecule has 3 nitrogen and oxygen atoms in total. The molecule has 1 heterocycles. The van der Waals surface area contributed by atoms with Crippen LogP contribution < -0.4 is 5.73 Å². The maximum absolute atomic E-state index is 5.58. The number of halogens is 3. The van der Waals surface area contributed by atoms with Crippen molar-refractivity contribution < 1.29 is 0 Å². The lowest BCUT2D eigenvalue weighted by Crippen LogP contribution is -2.02. The van der Waals surface area contributed by atoms with E-state index in [1.807, 2.05) is 0 Å². The van der Waals surface area contributed by atoms with Crippen molar-refractivity contribution in [3.63, 3.8) is 0 Å². The number of nitrogens with two attached hydrogens (primary N) is 1. The Bertz CT molecular complexity index is 270. The number of aryl methyl sites for hydroxylation is 1. The molecule has 0 atom stereocenters. The summed E-state index contributed by atoms with van der Waals surface area (Å²) in [5.41, 5.74) is 5.40. The zero-order valence-electron chi connectivity index (χ0n) is 6.64. The van der Waals surface area contributed by atoms with Gasteiger partial charge in [-0.3, -0.25) is 0 Å². The molecule has 0 saturated heterocycles. The lowest BCUT2D eigenvalue weighted by Gasteiger charge is -2.08. The molecule has 0 saturated carbocycles. The van der Waals surface area contributed by atoms with Gasteiger partial charge in [0.2, 0.25) is 5.13 Å². The molecule has 7 heteroatoms. The molecule has 0 aliphatic carbocycles. The van der Waals surface area contributed by atoms with E-state index in [0.717, 1.165) is 17.8 Å². The van der Waals surface area contributed by atoms with Gasteiger partial charge in [-0.2, -0.15) is 0 Å². The van der Waals surface area contributed by atoms with E-state index in [2.05, 4.69) is 10.2 Å². The number of anilines is 1. The number of hydrogen-bond acceptors (Lipinski definition) is 4. The van der Waals surface area contributed by atoms with E-state index in [1.165, 1.54) is 11.3 Å². The summed E-state index contributed by atoms with van der Waals surface area (Å²) in [5.74, 6) is 0. The highest BCUT2D eigenvalue weighted by molar-refractivity contribution is 7.15. The Hall–Kier alpha value is 0.230. The molecule has 0 spiro atoms. The van der Waals surface area contributed by atoms with Crippen LogP contribution in [-0.2, 0) is 6.42 Å². The van der Waals surface area contributed by atoms with Crippen molar-refractivity contribution in [2.75, 3.05) is 5.73 Å². The van der Waals surface area contributed by atoms with E-state index < -0.39 is 3.79 Å². The molecule has 1 aromatic rings. The summed E-state index contributed by atoms with van der Waals surface area (Å²) >= 11 is 18.1. The standard InChI is InChI=1S/C6H8Cl3N3S/c7-6(8,9)3-1-2-4-11-12-5(10)13-4/h1-3H2,(H2,10,12). The summed E-state index contributed by atoms with van der Waals surface area (Å²) in [4.78, 5) is 0. The van der Waals surface area contributed by atoms with Crippen molar-refractivity contribution in [2.24, 2.45) is 0 Å². The van der Waals surface area contributed by atoms with Gasteiger partial charge in [-0.25, -0.2) is 0 Å². The minimum absolute atomic E-state index is 0.476. The number of nitrogen functional groups attached to an aromatic ring is 1. The summed E-state index contributed by atoms with van der Waals surface area (Å²) in [7, 11) is 0. The van der Waals surface area contributed by atoms with Gasteiger partial charge < -0.3 is 5.73 Å². The first-order chi connectivity index (χ1) is 5.97. The Morgan fingerprint density at radius 3 is 2.46 bits per heavy atom. The van der Waals surface area contributed by atoms with E-state index in [9.17, 15) is 0 Å². The predicted octanol–water partition coefficient (Wildman–Crippen LogP) is 2.81. The van der Waals surface area contributed by atoms with Crippen LogP contribution in [0.4, 0.5) is 5.13 Å². The van der Waals surface area contributed by atoms with Gasteiger partial charge >= 0.3 is 0 Å². The zero-order chi connectivity index (χ0) is 9.90. The number of hydrogen-bond donors (Lipinski definition) is 1. The van der Waals surface area contributed by atoms with Gasteiger partial charge in [-0.05, 0) is 12.8 Å². The normalized spacial score (nSPS) is 11.9. The molecule has 2 N–H and O–H groups in total. The van der Waals surface area contributed by atoms with Crippen LogP contribution >= 0.6 is 46.1 Å². The smallest absolute Gasteiger partial charge is 0.203 e. The molecule has 74 valence electrons. The monoisotopic (exact) mass is 259 g/mol. The molecule has 1 aromatic heterocycles. The van der Waals surface area contributed by atoms with Crippen LogP contribution in [0.3, 0.4) is 0 Å². The molecule has 0 amide bonds. The number of rotatable bonds is 3. The summed E-state index contributed by atoms with van der Waals surface area (Å²) < 4.78 is -1.17. The fourth-order valence-corrected chi connectivity index (χ4v) is 1.86. The molecule has 13 heavy (non-hydrogen) atoms. The van der Waals surface area contributed by atoms with Crippen molar-refractivity contribution in [1.29, 1.82) is 0 Å². The average Bonchev–Trinajstić information content (AvgIpc) is 2.33. The van der Waals surface area contributed by atoms with Gasteiger partial charge in [0.1, 0.15) is 5.01 Å². The van der Waals surface area contributed by atoms with Gasteiger partial charge in [-0.1, -0.05) is 46.1 Å². The molecule has 0 fully saturated rings. The van der Waals surface area contributed by atoms with Crippen molar-refractivity contribution >= 4 is 51.3 Å². The second kappa shape index (κ2) is 4.64. The fourth-order valence-electron chi connectivity index (χ4n) is 0.808. The highest BCUT2D eigenvalue weighted by Gasteiger charge is 2.18. The van der Waals surface area contributed by atoms with Crippen LogP contribution in [0.15, 0.2) is 0 Å². The van der Waals surface area contributed by atoms with Crippen molar-refractivity contribution in [3.8, 4) is 0 Å². The number of alkyl halides is 3. The molecule has 1 rings (SSSR count). The van der Waals surface area contributed by atoms with Gasteiger partial charge in [-0.15, -0.1) is 10.2 Å². The van der Waals surface area contributed by atoms with Crippen LogP contribution in [0, 0.1) is 0 Å². The van der Waals surface area contributed by atoms with Gasteiger partial charge in [0.05, 0.1) is 0 Å². The number of aromatic nitrogens is 2. The second-order valence-electron chi connectivity index (χ2n) is 2.50. The van der Waals surface area contributed by atoms with E-state index in [4.69, 9.17) is 40.5 Å². The van der Waals surface area contributed by atoms with E-state index in [1.54, 1.807) is 0 Å². The predicted molar refractivity (Wildman–Crippen MR) is 57.5 cm³/mol. The quantitative estimate of drug-likeness (QED) is 0.850. The summed E-state index contributed by atoms with van der Waals surface area (Å²) in [6.07, 6.45) is 2.03. The third-order valence-corrected chi connectivity index (χ3v) is 2.71. The Labute approximate surface area is 95.2 Å². The zero-order valence-corrected chi connectivity index (χ0v) is 9.72. The highest BCUT2D eigenvalue weighted by atomic mass is 35.6. The van der Waals surface area contributed by atoms with Crippen LogP contribution in [0.2, 0.25) is 0 Å². The molecule has 0 unspecified atom stereocenters. The molecule has 0 aliphatic heterocycles. The van der Waals surface area contributed by atoms with Crippen LogP contribution in [-0.4, -0.2) is 14.0 Å². The minimum Gasteiger partial charge on any atom is -0.374 e. The van der Waals surface area contributed by atoms with Crippen LogP contribution in [0.25, 0.3) is 0 Å². The molecule has 0 radical (unpaired) electrons. The summed E-state index contributed by atoms with van der Waals surface area (Å²) in [5, 5.41) is 8.89. The lowest BCUT2D eigenvalue weighted by molar-refractivity contribution is 0.742. The first-order valence-electron chi connectivity index (χ1n) is 3.62. The topological polar surface area (TPSA) is 51.8 Å². The lowest BCUT2D eigenvalue weighted by atomic mass is 10.2. The molecular weight excluding hydrogens is 253 g/mol. The largest absolute Gasteiger partial charge is 0.374 e. The van der Waals surface area contributed by atoms with Gasteiger partial charge in [0.15, 0.2) is 3.79 Å². The Balaban J connectivity index is 2.28. The van der Waals surface area contributed by atoms with Crippen LogP contribution in [0.5, 0.6) is 0 Å². The highest BCUT2D eigenvalue weighted by Crippen LogP contribution is 2.32. The van der Waals surface area contributed by atoms with E-state index in [-0.39, 0.29) is 0 Å². The fraction of sp³-hybridized carbons (Fsp3) is 0.667. The maximum Gasteiger partial charge on any atom is 0.203 e. The van der Waals surface area contributed by atoms with Crippen molar-refractivity contribution in [2.45, 2.75) is 23.1 Å². The van der Waals surface area contributed by atoms with Crippen molar-refractivity contribution in [1.82, 2.24) is 10.2 Å². The third kappa shape index (κ3) is 4.86. The SMILES string of the molecule is Nc1nnc(CCCC(Cl)(Cl)Cl)s1. The van der Waals surface area contributed by atoms with Gasteiger partial charge in [0.25, 0.3) is 0 Å². The summed E-state index contributed by atoms with van der Waals surface area (Å²) in [6, 6.07) is 0. The Morgan fingerprint density at radius 1 is 1.31 bits per heavy atom. The first-order valence-corrected chi connectivity index (χ1v) is 5.57. The first kappa shape index (κ1) is 11.3. The number of nitrogens with zero attached hydrogens (tertiary/aromatic N) is 2. The Kier molecular flexibility index (Phi) is 4.04. The minimum atomic E-state index is -1.17. The molecular formula is C6H8Cl3N3S. The third-order valence-electron chi connectivity index (χ3n) is 1.33. The van der Waals surface area contributed by atoms with Crippen LogP contribution in [0.1, 0.15) is 17.8 Å². The second-order valence-corrected chi connectivity index (χ2v) is 6.11. The summed E-state index contributed by atoms with van der Waals surface area (Å²) in [6.45, 7) is 0. The van der Waals surface area contributed by atoms with Crippen molar-refractivity contribution in [3.05, 3.63) is 5.01 Å². The molecule has 0 aliphatic rings. The van der Waals surface area contributed by atoms with E-state index >= 15 is 0 Å².